The number of carboxylic acids is 2. The van der Waals surface area contributed by atoms with Gasteiger partial charge in [-0.05, 0) is 12.1 Å². The predicted molar refractivity (Wildman–Crippen MR) is 85.5 cm³/mol. The zero-order valence-corrected chi connectivity index (χ0v) is 12.6. The number of carboxylic acid groups (broad SMARTS) is 2. The Kier molecular flexibility index (Phi) is 6.28. The quantitative estimate of drug-likeness (QED) is 0.675. The molecule has 2 aromatic carbocycles. The van der Waals surface area contributed by atoms with E-state index in [9.17, 15) is 0 Å². The van der Waals surface area contributed by atoms with Gasteiger partial charge in [0.2, 0.25) is 0 Å². The van der Waals surface area contributed by atoms with E-state index in [-0.39, 0.29) is 0 Å². The molecule has 2 rings (SSSR count). The first-order valence-corrected chi connectivity index (χ1v) is 6.71. The summed E-state index contributed by atoms with van der Waals surface area (Å²) in [5, 5.41) is 14.8. The molecular formula is C17H20NO4+. The second-order valence-corrected chi connectivity index (χ2v) is 5.27. The van der Waals surface area contributed by atoms with E-state index in [4.69, 9.17) is 19.8 Å². The molecule has 0 atom stereocenters. The van der Waals surface area contributed by atoms with Crippen LogP contribution in [-0.4, -0.2) is 36.2 Å². The number of hydrogen-bond donors (Lipinski definition) is 2. The normalized spacial score (nSPS) is 10.3. The van der Waals surface area contributed by atoms with Gasteiger partial charge in [0, 0.05) is 5.56 Å². The Morgan fingerprint density at radius 3 is 1.64 bits per heavy atom. The smallest absolute Gasteiger partial charge is 0.414 e. The van der Waals surface area contributed by atoms with Gasteiger partial charge in [-0.1, -0.05) is 48.5 Å². The van der Waals surface area contributed by atoms with Gasteiger partial charge in [-0.2, -0.15) is 0 Å². The molecule has 0 unspecified atom stereocenters. The van der Waals surface area contributed by atoms with Gasteiger partial charge in [-0.3, -0.25) is 4.48 Å². The average Bonchev–Trinajstić information content (AvgIpc) is 2.49. The predicted octanol–water partition coefficient (Wildman–Crippen LogP) is 2.61. The molecular weight excluding hydrogens is 282 g/mol. The van der Waals surface area contributed by atoms with Gasteiger partial charge in [-0.25, -0.2) is 9.59 Å². The third-order valence-electron chi connectivity index (χ3n) is 3.06. The number of hydrogen-bond acceptors (Lipinski definition) is 2. The molecule has 0 amide bonds. The number of carbonyl (C=O) groups is 2. The zero-order chi connectivity index (χ0) is 16.6. The third kappa shape index (κ3) is 5.76. The van der Waals surface area contributed by atoms with Crippen molar-refractivity contribution in [1.29, 1.82) is 0 Å². The maximum atomic E-state index is 9.10. The van der Waals surface area contributed by atoms with Crippen LogP contribution in [0.2, 0.25) is 0 Å². The number of quaternary nitrogens is 1. The summed E-state index contributed by atoms with van der Waals surface area (Å²) in [5.41, 5.74) is 2.71. The van der Waals surface area contributed by atoms with Crippen LogP contribution < -0.4 is 4.48 Å². The van der Waals surface area contributed by atoms with Crippen LogP contribution in [0.4, 0.5) is 5.69 Å². The second kappa shape index (κ2) is 7.95. The molecule has 2 aromatic rings. The van der Waals surface area contributed by atoms with E-state index in [1.54, 1.807) is 0 Å². The molecule has 0 fully saturated rings. The summed E-state index contributed by atoms with van der Waals surface area (Å²) >= 11 is 0. The number of para-hydroxylation sites is 1. The van der Waals surface area contributed by atoms with Gasteiger partial charge in [0.15, 0.2) is 0 Å². The summed E-state index contributed by atoms with van der Waals surface area (Å²) in [6, 6.07) is 21.2. The number of rotatable bonds is 3. The number of benzene rings is 2. The van der Waals surface area contributed by atoms with E-state index < -0.39 is 11.9 Å². The summed E-state index contributed by atoms with van der Waals surface area (Å²) in [4.78, 5) is 18.2. The first kappa shape index (κ1) is 17.4. The topological polar surface area (TPSA) is 74.6 Å². The maximum absolute atomic E-state index is 9.10. The lowest BCUT2D eigenvalue weighted by Gasteiger charge is -2.29. The summed E-state index contributed by atoms with van der Waals surface area (Å²) < 4.78 is 0.880. The van der Waals surface area contributed by atoms with Crippen LogP contribution in [0.25, 0.3) is 0 Å². The molecule has 0 spiro atoms. The Morgan fingerprint density at radius 2 is 1.23 bits per heavy atom. The van der Waals surface area contributed by atoms with E-state index in [1.807, 2.05) is 0 Å². The minimum Gasteiger partial charge on any atom is -0.473 e. The molecule has 0 radical (unpaired) electrons. The van der Waals surface area contributed by atoms with Crippen LogP contribution in [0.1, 0.15) is 5.56 Å². The molecule has 0 aliphatic carbocycles. The molecule has 0 heterocycles. The molecule has 0 aliphatic rings. The van der Waals surface area contributed by atoms with E-state index in [0.717, 1.165) is 11.0 Å². The highest BCUT2D eigenvalue weighted by atomic mass is 16.4. The van der Waals surface area contributed by atoms with Gasteiger partial charge in [0.1, 0.15) is 12.2 Å². The fourth-order valence-corrected chi connectivity index (χ4v) is 1.96. The van der Waals surface area contributed by atoms with Crippen LogP contribution >= 0.6 is 0 Å². The first-order valence-electron chi connectivity index (χ1n) is 6.71. The lowest BCUT2D eigenvalue weighted by atomic mass is 10.2. The van der Waals surface area contributed by atoms with Gasteiger partial charge in [-0.15, -0.1) is 0 Å². The molecule has 22 heavy (non-hydrogen) atoms. The highest BCUT2D eigenvalue weighted by Crippen LogP contribution is 2.21. The van der Waals surface area contributed by atoms with Crippen LogP contribution in [0.15, 0.2) is 60.7 Å². The van der Waals surface area contributed by atoms with E-state index >= 15 is 0 Å². The molecule has 116 valence electrons. The van der Waals surface area contributed by atoms with Crippen molar-refractivity contribution in [3.05, 3.63) is 66.2 Å². The second-order valence-electron chi connectivity index (χ2n) is 5.27. The van der Waals surface area contributed by atoms with Crippen molar-refractivity contribution in [2.45, 2.75) is 6.54 Å². The molecule has 0 saturated heterocycles. The Balaban J connectivity index is 0.000000346. The molecule has 5 nitrogen and oxygen atoms in total. The lowest BCUT2D eigenvalue weighted by molar-refractivity contribution is -0.159. The van der Waals surface area contributed by atoms with Crippen molar-refractivity contribution < 1.29 is 19.8 Å². The summed E-state index contributed by atoms with van der Waals surface area (Å²) in [6.07, 6.45) is 0. The van der Waals surface area contributed by atoms with Gasteiger partial charge in [0.05, 0.1) is 14.1 Å². The lowest BCUT2D eigenvalue weighted by Crippen LogP contribution is -2.39. The molecule has 0 aromatic heterocycles. The van der Waals surface area contributed by atoms with Crippen molar-refractivity contribution in [2.75, 3.05) is 14.1 Å². The summed E-state index contributed by atoms with van der Waals surface area (Å²) in [7, 11) is 4.48. The van der Waals surface area contributed by atoms with Crippen molar-refractivity contribution in [2.24, 2.45) is 0 Å². The largest absolute Gasteiger partial charge is 0.473 e. The Morgan fingerprint density at radius 1 is 0.818 bits per heavy atom. The monoisotopic (exact) mass is 302 g/mol. The minimum atomic E-state index is -1.82. The van der Waals surface area contributed by atoms with Crippen LogP contribution in [-0.2, 0) is 16.1 Å². The van der Waals surface area contributed by atoms with Crippen LogP contribution in [0.3, 0.4) is 0 Å². The highest BCUT2D eigenvalue weighted by molar-refractivity contribution is 6.27. The highest BCUT2D eigenvalue weighted by Gasteiger charge is 2.18. The Labute approximate surface area is 129 Å². The molecule has 5 heteroatoms. The van der Waals surface area contributed by atoms with E-state index in [0.29, 0.717) is 0 Å². The van der Waals surface area contributed by atoms with Gasteiger partial charge in [0.25, 0.3) is 0 Å². The van der Waals surface area contributed by atoms with Crippen LogP contribution in [0.5, 0.6) is 0 Å². The van der Waals surface area contributed by atoms with Crippen molar-refractivity contribution in [3.63, 3.8) is 0 Å². The standard InChI is InChI=1S/C15H18N.C2H2O4/c1-16(2,15-11-7-4-8-12-15)13-14-9-5-3-6-10-14;3-1(4)2(5)6/h3-12H,13H2,1-2H3;(H,3,4)(H,5,6)/q+1;. The van der Waals surface area contributed by atoms with Gasteiger partial charge < -0.3 is 10.2 Å². The third-order valence-corrected chi connectivity index (χ3v) is 3.06. The SMILES string of the molecule is C[N+](C)(Cc1ccccc1)c1ccccc1.O=C(O)C(=O)O. The fourth-order valence-electron chi connectivity index (χ4n) is 1.96. The zero-order valence-electron chi connectivity index (χ0n) is 12.6. The van der Waals surface area contributed by atoms with E-state index in [1.165, 1.54) is 11.3 Å². The maximum Gasteiger partial charge on any atom is 0.414 e. The van der Waals surface area contributed by atoms with Gasteiger partial charge >= 0.3 is 11.9 Å². The Bertz CT molecular complexity index is 597. The first-order chi connectivity index (χ1) is 10.3. The van der Waals surface area contributed by atoms with Crippen molar-refractivity contribution >= 4 is 17.6 Å². The molecule has 0 aliphatic heterocycles. The summed E-state index contributed by atoms with van der Waals surface area (Å²) in [6.45, 7) is 1.02. The summed E-state index contributed by atoms with van der Waals surface area (Å²) in [5.74, 6) is -3.65. The van der Waals surface area contributed by atoms with Crippen molar-refractivity contribution in [3.8, 4) is 0 Å². The molecule has 0 bridgehead atoms. The van der Waals surface area contributed by atoms with E-state index in [2.05, 4.69) is 74.8 Å². The number of nitrogens with zero attached hydrogens (tertiary/aromatic N) is 1. The Hall–Kier alpha value is -2.66. The number of aliphatic carboxylic acids is 2. The minimum absolute atomic E-state index is 0.880. The molecule has 2 N–H and O–H groups in total. The van der Waals surface area contributed by atoms with Crippen LogP contribution in [0, 0.1) is 0 Å². The fraction of sp³-hybridized carbons (Fsp3) is 0.176. The average molecular weight is 302 g/mol. The molecule has 0 saturated carbocycles. The van der Waals surface area contributed by atoms with Crippen molar-refractivity contribution in [1.82, 2.24) is 4.48 Å².